The minimum atomic E-state index is -1.32. The standard InChI is InChI=1S/C16H18N4O2S.C16H18N4OS.C15H23N3O2S.C14H20N2O2.C13H21N3OS.C13H19N3OS.C8H9ClN2O2S.C7H15N.C3H3NO2/c1-23(22)16-18-9-13-7-12(8-17)15(21)20(14(13)19-16)10-11-5-3-2-4-6-11;1-22-16-18-9-13-7-12(8-17)15(21)20(14(13)19-16)10-11-5-3-2-4-6-11;1-3-20-14(19)12-10-17-15(21-2)18-13(12)16-9-11-7-5-4-6-8-11;1-14(2,3)18-13(17)16-7-6-10-8-12(15)5-4-11(10)9-16;2*1-18-13-15-8-11(9-17)12(16-13)14-7-10-5-3-2-4-6-10;1-3-13-7(12)5-4-10-8(14-2)11-6(5)9;8-6-7-4-2-1-3-5-7;4-2-1-3(5)6/h7,9,11H,2-6,10H2,1H3;7,9,11H,2-6,10H2,1H3;10-11H,3-9H2,1-2H3,(H,16,17,18);4-5,8H,6-7,9,15H2,1-3H3;8,10,17H,2-7,9H2,1H3,(H,14,15,16);8-10H,2-7H2,1H3,(H,14,15,16);4H,3H2,1-2H3;7H,1-6,8H2;1H2,(H,5,6). The average Bonchev–Trinajstić information content (AvgIpc) is 0.777. The van der Waals surface area contributed by atoms with E-state index in [9.17, 15) is 53.4 Å². The van der Waals surface area contributed by atoms with Crippen molar-refractivity contribution >= 4 is 157 Å². The number of ether oxygens (including phenoxy) is 3. The van der Waals surface area contributed by atoms with Crippen molar-refractivity contribution in [1.82, 2.24) is 73.8 Å². The zero-order valence-electron chi connectivity index (χ0n) is 87.2. The number of aliphatic hydroxyl groups is 1. The van der Waals surface area contributed by atoms with Gasteiger partial charge in [-0.2, -0.15) is 15.8 Å². The summed E-state index contributed by atoms with van der Waals surface area (Å²) in [6, 6.07) is 14.4. The molecule has 1 aliphatic heterocycles. The van der Waals surface area contributed by atoms with Gasteiger partial charge in [0.1, 0.15) is 80.3 Å². The van der Waals surface area contributed by atoms with Crippen LogP contribution < -0.4 is 38.5 Å². The molecule has 36 nitrogen and oxygen atoms in total. The van der Waals surface area contributed by atoms with Gasteiger partial charge in [-0.15, -0.1) is 0 Å². The maximum atomic E-state index is 12.6. The maximum Gasteiger partial charge on any atom is 0.410 e. The molecule has 1 amide bonds. The molecule has 6 fully saturated rings. The largest absolute Gasteiger partial charge is 0.480 e. The number of nitrogen functional groups attached to an aromatic ring is 1. The number of carbonyl (C=O) groups excluding carboxylic acids is 4. The number of rotatable bonds is 27. The first-order valence-electron chi connectivity index (χ1n) is 51.0. The summed E-state index contributed by atoms with van der Waals surface area (Å²) in [5.41, 5.74) is 16.8. The number of nitrogens with two attached hydrogens (primary N) is 2. The molecular weight excluding hydrogens is 2020 g/mol. The molecule has 9 aromatic rings. The summed E-state index contributed by atoms with van der Waals surface area (Å²) in [6.45, 7) is 15.9. The van der Waals surface area contributed by atoms with E-state index in [0.717, 1.165) is 110 Å². The number of benzene rings is 1. The number of hydrogen-bond acceptors (Lipinski definition) is 37. The van der Waals surface area contributed by atoms with E-state index in [-0.39, 0.29) is 56.8 Å². The number of nitrogens with zero attached hydrogens (tertiary/aromatic N) is 18. The van der Waals surface area contributed by atoms with Crippen LogP contribution in [-0.4, -0.2) is 208 Å². The molecule has 9 N–H and O–H groups in total. The van der Waals surface area contributed by atoms with Crippen molar-refractivity contribution in [1.29, 1.82) is 15.8 Å². The van der Waals surface area contributed by atoms with E-state index in [2.05, 4.69) is 75.8 Å². The van der Waals surface area contributed by atoms with Gasteiger partial charge in [0.2, 0.25) is 5.16 Å². The van der Waals surface area contributed by atoms with Crippen molar-refractivity contribution in [2.75, 3.05) is 105 Å². The van der Waals surface area contributed by atoms with Crippen LogP contribution in [-0.2, 0) is 62.5 Å². The molecular formula is C105H146ClN23O13S6. The number of aliphatic carboxylic acids is 1. The van der Waals surface area contributed by atoms with Crippen molar-refractivity contribution in [2.24, 2.45) is 41.2 Å². The number of nitriles is 3. The van der Waals surface area contributed by atoms with Crippen LogP contribution in [0.3, 0.4) is 0 Å². The van der Waals surface area contributed by atoms with E-state index in [4.69, 9.17) is 47.6 Å². The zero-order valence-corrected chi connectivity index (χ0v) is 92.9. The molecule has 0 spiro atoms. The third-order valence-electron chi connectivity index (χ3n) is 25.8. The Hall–Kier alpha value is -10.8. The number of anilines is 4. The number of carbonyl (C=O) groups is 5. The monoisotopic (exact) mass is 2160 g/mol. The minimum Gasteiger partial charge on any atom is -0.480 e. The number of amides is 1. The van der Waals surface area contributed by atoms with Gasteiger partial charge in [0, 0.05) is 111 Å². The summed E-state index contributed by atoms with van der Waals surface area (Å²) in [7, 11) is -1.32. The highest BCUT2D eigenvalue weighted by molar-refractivity contribution is 7.99. The Balaban J connectivity index is 0.000000206. The van der Waals surface area contributed by atoms with Gasteiger partial charge < -0.3 is 56.7 Å². The highest BCUT2D eigenvalue weighted by Gasteiger charge is 2.29. The Kier molecular flexibility index (Phi) is 55.2. The van der Waals surface area contributed by atoms with Crippen LogP contribution in [0.25, 0.3) is 22.1 Å². The first-order valence-corrected chi connectivity index (χ1v) is 59.1. The summed E-state index contributed by atoms with van der Waals surface area (Å²) in [5, 5.41) is 58.0. The van der Waals surface area contributed by atoms with Crippen molar-refractivity contribution in [3.63, 3.8) is 0 Å². The third-order valence-corrected chi connectivity index (χ3v) is 29.6. The smallest absolute Gasteiger partial charge is 0.410 e. The molecule has 43 heteroatoms. The van der Waals surface area contributed by atoms with Crippen LogP contribution in [0.2, 0.25) is 5.15 Å². The predicted octanol–water partition coefficient (Wildman–Crippen LogP) is 20.1. The molecule has 7 aliphatic rings. The second kappa shape index (κ2) is 66.7. The van der Waals surface area contributed by atoms with E-state index in [1.54, 1.807) is 58.7 Å². The normalized spacial score (nSPS) is 15.6. The number of aldehydes is 1. The molecule has 0 saturated heterocycles. The van der Waals surface area contributed by atoms with E-state index in [1.807, 2.05) is 82.4 Å². The molecule has 802 valence electrons. The van der Waals surface area contributed by atoms with E-state index >= 15 is 0 Å². The van der Waals surface area contributed by atoms with Gasteiger partial charge in [-0.05, 0) is 227 Å². The van der Waals surface area contributed by atoms with Gasteiger partial charge in [-0.25, -0.2) is 74.2 Å². The highest BCUT2D eigenvalue weighted by atomic mass is 35.5. The van der Waals surface area contributed by atoms with Crippen LogP contribution >= 0.6 is 70.4 Å². The second-order valence-electron chi connectivity index (χ2n) is 37.8. The summed E-state index contributed by atoms with van der Waals surface area (Å²) in [5.74, 6) is 4.05. The topological polar surface area (TPSA) is 532 Å². The SMILES string of the molecule is CC(C)(C)OC(=O)N1CCc2cc(N)ccc2C1.CCOC(=O)c1cnc(SC)nc1Cl.CCOC(=O)c1cnc(SC)nc1NCC1CCCCC1.CS(=O)c1ncc2cc(C#N)c(=O)n(CC3CCCCC3)c2n1.CSc1ncc(C=O)c(NCC2CCCCC2)n1.CSc1ncc(CO)c(NCC2CCCCC2)n1.CSc1ncc2cc(C#N)c(=O)n(CC3CCCCC3)c2n1.N#CCC(=O)O.NCC1CCCCC1. The number of hydrogen-bond donors (Lipinski definition) is 7. The number of fused-ring (bicyclic) bond motifs is 3. The van der Waals surface area contributed by atoms with Crippen molar-refractivity contribution < 1.29 is 52.6 Å². The molecule has 8 aromatic heterocycles. The van der Waals surface area contributed by atoms with Gasteiger partial charge in [0.25, 0.3) is 11.1 Å². The van der Waals surface area contributed by atoms with Gasteiger partial charge in [0.05, 0.1) is 42.3 Å². The lowest BCUT2D eigenvalue weighted by atomic mass is 9.89. The summed E-state index contributed by atoms with van der Waals surface area (Å²) >= 11 is 13.1. The number of nitrogens with one attached hydrogen (secondary N) is 3. The second-order valence-corrected chi connectivity index (χ2v) is 43.3. The molecule has 6 saturated carbocycles. The van der Waals surface area contributed by atoms with E-state index in [0.29, 0.717) is 123 Å². The number of aliphatic hydroxyl groups excluding tert-OH is 1. The molecule has 0 bridgehead atoms. The van der Waals surface area contributed by atoms with E-state index in [1.165, 1.54) is 262 Å². The number of halogens is 1. The van der Waals surface area contributed by atoms with Crippen LogP contribution in [0.1, 0.15) is 293 Å². The van der Waals surface area contributed by atoms with Crippen molar-refractivity contribution in [2.45, 2.75) is 303 Å². The lowest BCUT2D eigenvalue weighted by Crippen LogP contribution is -2.39. The molecule has 16 rings (SSSR count). The number of carboxylic acids is 1. The fourth-order valence-electron chi connectivity index (χ4n) is 17.9. The summed E-state index contributed by atoms with van der Waals surface area (Å²) in [4.78, 5) is 133. The third kappa shape index (κ3) is 41.5. The van der Waals surface area contributed by atoms with E-state index < -0.39 is 34.8 Å². The Labute approximate surface area is 897 Å². The Morgan fingerprint density at radius 2 is 0.939 bits per heavy atom. The minimum absolute atomic E-state index is 0.0122. The van der Waals surface area contributed by atoms with Gasteiger partial charge >= 0.3 is 24.0 Å². The first-order chi connectivity index (χ1) is 71.5. The lowest BCUT2D eigenvalue weighted by Gasteiger charge is -2.31. The predicted molar refractivity (Wildman–Crippen MR) is 588 cm³/mol. The Bertz CT molecular complexity index is 6010. The maximum absolute atomic E-state index is 12.6. The van der Waals surface area contributed by atoms with Crippen molar-refractivity contribution in [3.05, 3.63) is 138 Å². The number of carboxylic acid groups (broad SMARTS) is 1. The number of pyridine rings is 2. The molecule has 6 aliphatic carbocycles. The molecule has 1 unspecified atom stereocenters. The highest BCUT2D eigenvalue weighted by Crippen LogP contribution is 2.34. The molecule has 148 heavy (non-hydrogen) atoms. The molecule has 1 aromatic carbocycles. The van der Waals surface area contributed by atoms with Gasteiger partial charge in [-0.1, -0.05) is 192 Å². The van der Waals surface area contributed by atoms with Crippen LogP contribution in [0.5, 0.6) is 0 Å². The van der Waals surface area contributed by atoms with Crippen molar-refractivity contribution in [3.8, 4) is 18.2 Å². The summed E-state index contributed by atoms with van der Waals surface area (Å²) in [6.07, 6.45) is 60.1. The molecule has 0 radical (unpaired) electrons. The Morgan fingerprint density at radius 3 is 1.36 bits per heavy atom. The fourth-order valence-corrected chi connectivity index (χ4v) is 20.3. The van der Waals surface area contributed by atoms with Crippen LogP contribution in [0.4, 0.5) is 27.9 Å². The summed E-state index contributed by atoms with van der Waals surface area (Å²) < 4.78 is 30.1. The molecule has 9 heterocycles. The van der Waals surface area contributed by atoms with Gasteiger partial charge in [0.15, 0.2) is 32.1 Å². The first kappa shape index (κ1) is 122. The van der Waals surface area contributed by atoms with Crippen LogP contribution in [0, 0.1) is 69.5 Å². The number of aromatic nitrogens is 14. The Morgan fingerprint density at radius 1 is 0.534 bits per heavy atom. The molecule has 1 atom stereocenters. The average molecular weight is 2170 g/mol. The fraction of sp³-hybridized carbons (Fsp3) is 0.581. The quantitative estimate of drug-likeness (QED) is 0.00478. The zero-order chi connectivity index (χ0) is 107. The number of esters is 2. The number of thioether (sulfide) groups is 5. The lowest BCUT2D eigenvalue weighted by molar-refractivity contribution is -0.135. The van der Waals surface area contributed by atoms with Crippen LogP contribution in [0.15, 0.2) is 108 Å². The van der Waals surface area contributed by atoms with Gasteiger partial charge in [-0.3, -0.25) is 32.5 Å².